The Hall–Kier alpha value is -0.830. The highest BCUT2D eigenvalue weighted by Gasteiger charge is 2.06. The monoisotopic (exact) mass is 241 g/mol. The zero-order valence-electron chi connectivity index (χ0n) is 11.7. The molecule has 3 nitrogen and oxygen atoms in total. The average molecular weight is 241 g/mol. The van der Waals surface area contributed by atoms with Crippen LogP contribution in [0.5, 0.6) is 0 Å². The molecule has 0 N–H and O–H groups in total. The third-order valence-corrected chi connectivity index (χ3v) is 2.33. The van der Waals surface area contributed by atoms with Crippen LogP contribution >= 0.6 is 0 Å². The fourth-order valence-electron chi connectivity index (χ4n) is 1.77. The van der Waals surface area contributed by atoms with Crippen LogP contribution in [-0.4, -0.2) is 37.1 Å². The number of nitrogens with zero attached hydrogens (tertiary/aromatic N) is 1. The fourth-order valence-corrected chi connectivity index (χ4v) is 1.77. The molecule has 100 valence electrons. The molecule has 0 unspecified atom stereocenters. The normalized spacial score (nSPS) is 11.6. The largest absolute Gasteiger partial charge is 0.462 e. The molecule has 0 aliphatic carbocycles. The summed E-state index contributed by atoms with van der Waals surface area (Å²) in [5.41, 5.74) is 0. The summed E-state index contributed by atoms with van der Waals surface area (Å²) in [6.07, 6.45) is 5.24. The van der Waals surface area contributed by atoms with Gasteiger partial charge in [-0.3, -0.25) is 0 Å². The number of hydrogen-bond acceptors (Lipinski definition) is 3. The SMILES string of the molecule is C/C=C/C(=O)OCCCN(CCC)CC(C)C. The lowest BCUT2D eigenvalue weighted by Crippen LogP contribution is -2.30. The van der Waals surface area contributed by atoms with Crippen LogP contribution in [0.1, 0.15) is 40.5 Å². The molecular formula is C14H27NO2. The van der Waals surface area contributed by atoms with Gasteiger partial charge in [-0.1, -0.05) is 26.8 Å². The molecule has 17 heavy (non-hydrogen) atoms. The molecule has 3 heteroatoms. The first-order valence-electron chi connectivity index (χ1n) is 6.62. The summed E-state index contributed by atoms with van der Waals surface area (Å²) in [5.74, 6) is 0.450. The summed E-state index contributed by atoms with van der Waals surface area (Å²) < 4.78 is 5.06. The van der Waals surface area contributed by atoms with Crippen LogP contribution < -0.4 is 0 Å². The van der Waals surface area contributed by atoms with Crippen molar-refractivity contribution in [1.82, 2.24) is 4.90 Å². The molecule has 0 fully saturated rings. The van der Waals surface area contributed by atoms with Crippen molar-refractivity contribution in [2.75, 3.05) is 26.2 Å². The molecule has 0 saturated heterocycles. The number of allylic oxidation sites excluding steroid dienone is 1. The molecule has 0 saturated carbocycles. The first kappa shape index (κ1) is 16.2. The Bertz CT molecular complexity index is 224. The lowest BCUT2D eigenvalue weighted by Gasteiger charge is -2.23. The van der Waals surface area contributed by atoms with Gasteiger partial charge in [-0.05, 0) is 32.2 Å². The quantitative estimate of drug-likeness (QED) is 0.353. The van der Waals surface area contributed by atoms with E-state index in [0.717, 1.165) is 26.1 Å². The van der Waals surface area contributed by atoms with Gasteiger partial charge in [0.1, 0.15) is 0 Å². The van der Waals surface area contributed by atoms with E-state index in [4.69, 9.17) is 4.74 Å². The third kappa shape index (κ3) is 10.1. The Morgan fingerprint density at radius 1 is 1.35 bits per heavy atom. The van der Waals surface area contributed by atoms with Crippen molar-refractivity contribution in [2.45, 2.75) is 40.5 Å². The predicted molar refractivity (Wildman–Crippen MR) is 72.0 cm³/mol. The van der Waals surface area contributed by atoms with Crippen LogP contribution in [0.4, 0.5) is 0 Å². The van der Waals surface area contributed by atoms with Crippen molar-refractivity contribution in [3.05, 3.63) is 12.2 Å². The van der Waals surface area contributed by atoms with Crippen molar-refractivity contribution >= 4 is 5.97 Å². The minimum Gasteiger partial charge on any atom is -0.462 e. The predicted octanol–water partition coefficient (Wildman–Crippen LogP) is 2.86. The van der Waals surface area contributed by atoms with E-state index in [-0.39, 0.29) is 5.97 Å². The Labute approximate surface area is 106 Å². The maximum Gasteiger partial charge on any atom is 0.330 e. The molecule has 0 radical (unpaired) electrons. The van der Waals surface area contributed by atoms with Gasteiger partial charge in [0.05, 0.1) is 6.61 Å². The Morgan fingerprint density at radius 3 is 2.59 bits per heavy atom. The number of hydrogen-bond donors (Lipinski definition) is 0. The molecule has 0 aromatic carbocycles. The van der Waals surface area contributed by atoms with Crippen molar-refractivity contribution in [1.29, 1.82) is 0 Å². The lowest BCUT2D eigenvalue weighted by molar-refractivity contribution is -0.137. The summed E-state index contributed by atoms with van der Waals surface area (Å²) in [7, 11) is 0. The van der Waals surface area contributed by atoms with E-state index < -0.39 is 0 Å². The number of carbonyl (C=O) groups excluding carboxylic acids is 1. The van der Waals surface area contributed by atoms with E-state index in [1.165, 1.54) is 12.5 Å². The number of rotatable bonds is 9. The topological polar surface area (TPSA) is 29.5 Å². The molecule has 0 amide bonds. The first-order chi connectivity index (χ1) is 8.10. The summed E-state index contributed by atoms with van der Waals surface area (Å²) in [6, 6.07) is 0. The van der Waals surface area contributed by atoms with Crippen LogP contribution in [0.25, 0.3) is 0 Å². The number of ether oxygens (including phenoxy) is 1. The fraction of sp³-hybridized carbons (Fsp3) is 0.786. The van der Waals surface area contributed by atoms with E-state index in [2.05, 4.69) is 25.7 Å². The van der Waals surface area contributed by atoms with Gasteiger partial charge in [0.25, 0.3) is 0 Å². The van der Waals surface area contributed by atoms with E-state index in [9.17, 15) is 4.79 Å². The Balaban J connectivity index is 3.70. The molecular weight excluding hydrogens is 214 g/mol. The lowest BCUT2D eigenvalue weighted by atomic mass is 10.2. The van der Waals surface area contributed by atoms with Crippen molar-refractivity contribution in [3.8, 4) is 0 Å². The average Bonchev–Trinajstić information content (AvgIpc) is 2.24. The highest BCUT2D eigenvalue weighted by atomic mass is 16.5. The summed E-state index contributed by atoms with van der Waals surface area (Å²) >= 11 is 0. The molecule has 0 aromatic rings. The molecule has 0 atom stereocenters. The summed E-state index contributed by atoms with van der Waals surface area (Å²) in [4.78, 5) is 13.5. The summed E-state index contributed by atoms with van der Waals surface area (Å²) in [6.45, 7) is 12.2. The van der Waals surface area contributed by atoms with E-state index in [1.54, 1.807) is 6.08 Å². The highest BCUT2D eigenvalue weighted by Crippen LogP contribution is 2.01. The van der Waals surface area contributed by atoms with Crippen LogP contribution in [0.2, 0.25) is 0 Å². The Morgan fingerprint density at radius 2 is 2.06 bits per heavy atom. The molecule has 0 rings (SSSR count). The molecule has 0 aromatic heterocycles. The smallest absolute Gasteiger partial charge is 0.330 e. The van der Waals surface area contributed by atoms with Crippen LogP contribution in [0.15, 0.2) is 12.2 Å². The van der Waals surface area contributed by atoms with Crippen molar-refractivity contribution in [2.24, 2.45) is 5.92 Å². The number of esters is 1. The van der Waals surface area contributed by atoms with E-state index in [1.807, 2.05) is 6.92 Å². The van der Waals surface area contributed by atoms with Gasteiger partial charge in [-0.2, -0.15) is 0 Å². The molecule has 0 spiro atoms. The zero-order valence-corrected chi connectivity index (χ0v) is 11.7. The second kappa shape index (κ2) is 10.3. The third-order valence-electron chi connectivity index (χ3n) is 2.33. The molecule has 0 aliphatic rings. The standard InChI is InChI=1S/C14H27NO2/c1-5-8-14(16)17-11-7-10-15(9-6-2)12-13(3)4/h5,8,13H,6-7,9-12H2,1-4H3/b8-5+. The maximum atomic E-state index is 11.1. The number of carbonyl (C=O) groups is 1. The Kier molecular flexibility index (Phi) is 9.83. The van der Waals surface area contributed by atoms with Crippen LogP contribution in [0.3, 0.4) is 0 Å². The molecule has 0 heterocycles. The summed E-state index contributed by atoms with van der Waals surface area (Å²) in [5, 5.41) is 0. The maximum absolute atomic E-state index is 11.1. The zero-order chi connectivity index (χ0) is 13.1. The van der Waals surface area contributed by atoms with Crippen LogP contribution in [0, 0.1) is 5.92 Å². The van der Waals surface area contributed by atoms with Gasteiger partial charge in [-0.25, -0.2) is 4.79 Å². The first-order valence-corrected chi connectivity index (χ1v) is 6.62. The van der Waals surface area contributed by atoms with E-state index in [0.29, 0.717) is 12.5 Å². The van der Waals surface area contributed by atoms with Gasteiger partial charge >= 0.3 is 5.97 Å². The van der Waals surface area contributed by atoms with Gasteiger partial charge in [0.2, 0.25) is 0 Å². The second-order valence-corrected chi connectivity index (χ2v) is 4.72. The second-order valence-electron chi connectivity index (χ2n) is 4.72. The van der Waals surface area contributed by atoms with Crippen LogP contribution in [-0.2, 0) is 9.53 Å². The van der Waals surface area contributed by atoms with Gasteiger partial charge in [0.15, 0.2) is 0 Å². The van der Waals surface area contributed by atoms with Crippen molar-refractivity contribution in [3.63, 3.8) is 0 Å². The van der Waals surface area contributed by atoms with Crippen molar-refractivity contribution < 1.29 is 9.53 Å². The minimum absolute atomic E-state index is 0.238. The van der Waals surface area contributed by atoms with Gasteiger partial charge < -0.3 is 9.64 Å². The minimum atomic E-state index is -0.238. The highest BCUT2D eigenvalue weighted by molar-refractivity contribution is 5.81. The van der Waals surface area contributed by atoms with E-state index >= 15 is 0 Å². The molecule has 0 aliphatic heterocycles. The molecule has 0 bridgehead atoms. The van der Waals surface area contributed by atoms with Gasteiger partial charge in [0, 0.05) is 19.2 Å². The van der Waals surface area contributed by atoms with Gasteiger partial charge in [-0.15, -0.1) is 0 Å².